The number of halogens is 2. The number of benzene rings is 1. The molecule has 0 saturated heterocycles. The van der Waals surface area contributed by atoms with E-state index >= 15 is 0 Å². The maximum atomic E-state index is 13.9. The van der Waals surface area contributed by atoms with Crippen molar-refractivity contribution >= 4 is 21.6 Å². The molecule has 1 saturated carbocycles. The third kappa shape index (κ3) is 3.39. The first-order valence-corrected chi connectivity index (χ1v) is 8.86. The van der Waals surface area contributed by atoms with Crippen molar-refractivity contribution in [1.29, 1.82) is 0 Å². The molecule has 0 radical (unpaired) electrons. The minimum Gasteiger partial charge on any atom is -0.316 e. The quantitative estimate of drug-likeness (QED) is 0.841. The molecule has 0 heterocycles. The summed E-state index contributed by atoms with van der Waals surface area (Å²) in [4.78, 5) is -0.0747. The van der Waals surface area contributed by atoms with Gasteiger partial charge in [0.1, 0.15) is 5.82 Å². The van der Waals surface area contributed by atoms with Gasteiger partial charge in [-0.15, -0.1) is 0 Å². The molecule has 2 rings (SSSR count). The smallest absolute Gasteiger partial charge is 0.241 e. The van der Waals surface area contributed by atoms with Crippen LogP contribution in [0.4, 0.5) is 4.39 Å². The summed E-state index contributed by atoms with van der Waals surface area (Å²) in [6.45, 7) is 2.26. The van der Waals surface area contributed by atoms with Gasteiger partial charge in [-0.2, -0.15) is 0 Å². The van der Waals surface area contributed by atoms with Crippen LogP contribution in [0.25, 0.3) is 0 Å². The van der Waals surface area contributed by atoms with Gasteiger partial charge in [0, 0.05) is 12.1 Å². The normalized spacial score (nSPS) is 17.5. The van der Waals surface area contributed by atoms with E-state index < -0.39 is 15.8 Å². The van der Waals surface area contributed by atoms with Gasteiger partial charge >= 0.3 is 0 Å². The van der Waals surface area contributed by atoms with E-state index in [0.717, 1.165) is 31.7 Å². The molecule has 0 unspecified atom stereocenters. The molecule has 1 aromatic carbocycles. The molecule has 118 valence electrons. The lowest BCUT2D eigenvalue weighted by molar-refractivity contribution is 0.214. The molecule has 0 bridgehead atoms. The van der Waals surface area contributed by atoms with Gasteiger partial charge in [-0.3, -0.25) is 0 Å². The van der Waals surface area contributed by atoms with Crippen molar-refractivity contribution in [2.75, 3.05) is 7.05 Å². The first-order valence-electron chi connectivity index (χ1n) is 7.00. The van der Waals surface area contributed by atoms with Crippen molar-refractivity contribution in [3.05, 3.63) is 28.5 Å². The number of sulfonamides is 1. The number of rotatable bonds is 6. The van der Waals surface area contributed by atoms with Crippen molar-refractivity contribution in [3.8, 4) is 0 Å². The zero-order valence-electron chi connectivity index (χ0n) is 12.2. The van der Waals surface area contributed by atoms with E-state index in [1.807, 2.05) is 6.92 Å². The summed E-state index contributed by atoms with van der Waals surface area (Å²) in [5, 5.41) is 2.80. The molecule has 21 heavy (non-hydrogen) atoms. The highest BCUT2D eigenvalue weighted by Gasteiger charge is 2.39. The molecule has 1 aromatic rings. The molecule has 1 aliphatic carbocycles. The second-order valence-electron chi connectivity index (χ2n) is 5.50. The average Bonchev–Trinajstić information content (AvgIpc) is 2.39. The van der Waals surface area contributed by atoms with Gasteiger partial charge in [0.05, 0.1) is 9.92 Å². The second-order valence-corrected chi connectivity index (χ2v) is 7.56. The molecular formula is C14H20ClFN2O2S. The molecule has 7 heteroatoms. The van der Waals surface area contributed by atoms with Crippen LogP contribution >= 0.6 is 11.6 Å². The van der Waals surface area contributed by atoms with Gasteiger partial charge in [-0.25, -0.2) is 17.5 Å². The predicted octanol–water partition coefficient (Wildman–Crippen LogP) is 2.81. The van der Waals surface area contributed by atoms with Crippen LogP contribution in [0.1, 0.15) is 38.2 Å². The van der Waals surface area contributed by atoms with E-state index in [1.165, 1.54) is 6.07 Å². The van der Waals surface area contributed by atoms with Crippen LogP contribution in [0.2, 0.25) is 5.02 Å². The Balaban J connectivity index is 2.36. The maximum absolute atomic E-state index is 13.9. The van der Waals surface area contributed by atoms with Crippen molar-refractivity contribution < 1.29 is 12.8 Å². The Morgan fingerprint density at radius 2 is 2.05 bits per heavy atom. The van der Waals surface area contributed by atoms with Crippen LogP contribution in [0, 0.1) is 5.82 Å². The summed E-state index contributed by atoms with van der Waals surface area (Å²) in [7, 11) is -2.06. The highest BCUT2D eigenvalue weighted by Crippen LogP contribution is 2.36. The summed E-state index contributed by atoms with van der Waals surface area (Å²) in [5.74, 6) is -0.719. The van der Waals surface area contributed by atoms with E-state index in [1.54, 1.807) is 7.05 Å². The lowest BCUT2D eigenvalue weighted by atomic mass is 9.76. The number of hydrogen-bond donors (Lipinski definition) is 2. The summed E-state index contributed by atoms with van der Waals surface area (Å²) in [6, 6.07) is 2.40. The summed E-state index contributed by atoms with van der Waals surface area (Å²) >= 11 is 5.86. The molecule has 1 aliphatic rings. The summed E-state index contributed by atoms with van der Waals surface area (Å²) in [6.07, 6.45) is 3.38. The maximum Gasteiger partial charge on any atom is 0.241 e. The van der Waals surface area contributed by atoms with E-state index in [-0.39, 0.29) is 15.5 Å². The Morgan fingerprint density at radius 1 is 1.38 bits per heavy atom. The van der Waals surface area contributed by atoms with Crippen LogP contribution in [-0.4, -0.2) is 21.0 Å². The fourth-order valence-electron chi connectivity index (χ4n) is 2.57. The Hall–Kier alpha value is -0.690. The van der Waals surface area contributed by atoms with Crippen LogP contribution < -0.4 is 10.0 Å². The van der Waals surface area contributed by atoms with Crippen LogP contribution in [0.3, 0.4) is 0 Å². The zero-order chi connectivity index (χ0) is 15.7. The van der Waals surface area contributed by atoms with Gasteiger partial charge in [0.15, 0.2) is 0 Å². The summed E-state index contributed by atoms with van der Waals surface area (Å²) < 4.78 is 41.5. The highest BCUT2D eigenvalue weighted by atomic mass is 35.5. The SMILES string of the molecule is CCC1(NS(=O)(=O)c2cc(F)c(Cl)c(CNC)c2)CCC1. The molecule has 4 nitrogen and oxygen atoms in total. The Kier molecular flexibility index (Phi) is 4.92. The monoisotopic (exact) mass is 334 g/mol. The van der Waals surface area contributed by atoms with Gasteiger partial charge in [0.2, 0.25) is 10.0 Å². The van der Waals surface area contributed by atoms with Crippen molar-refractivity contribution in [2.45, 2.75) is 49.6 Å². The predicted molar refractivity (Wildman–Crippen MR) is 81.4 cm³/mol. The van der Waals surface area contributed by atoms with Crippen LogP contribution in [0.5, 0.6) is 0 Å². The minimum atomic E-state index is -3.75. The molecule has 0 aromatic heterocycles. The molecular weight excluding hydrogens is 315 g/mol. The molecule has 1 fully saturated rings. The zero-order valence-corrected chi connectivity index (χ0v) is 13.7. The van der Waals surface area contributed by atoms with Gasteiger partial charge in [0.25, 0.3) is 0 Å². The highest BCUT2D eigenvalue weighted by molar-refractivity contribution is 7.89. The molecule has 0 atom stereocenters. The van der Waals surface area contributed by atoms with Crippen LogP contribution in [-0.2, 0) is 16.6 Å². The van der Waals surface area contributed by atoms with Gasteiger partial charge in [-0.1, -0.05) is 18.5 Å². The molecule has 0 aliphatic heterocycles. The molecule has 0 amide bonds. The topological polar surface area (TPSA) is 58.2 Å². The largest absolute Gasteiger partial charge is 0.316 e. The minimum absolute atomic E-state index is 0.0443. The summed E-state index contributed by atoms with van der Waals surface area (Å²) in [5.41, 5.74) is 0.0525. The molecule has 2 N–H and O–H groups in total. The van der Waals surface area contributed by atoms with Gasteiger partial charge < -0.3 is 5.32 Å². The first-order chi connectivity index (χ1) is 9.83. The van der Waals surface area contributed by atoms with Gasteiger partial charge in [-0.05, 0) is 50.4 Å². The Morgan fingerprint density at radius 3 is 2.52 bits per heavy atom. The average molecular weight is 335 g/mol. The Labute approximate surface area is 130 Å². The Bertz CT molecular complexity index is 625. The number of nitrogens with one attached hydrogen (secondary N) is 2. The number of hydrogen-bond acceptors (Lipinski definition) is 3. The standard InChI is InChI=1S/C14H20ClFN2O2S/c1-3-14(5-4-6-14)18-21(19,20)11-7-10(9-17-2)13(15)12(16)8-11/h7-8,17-18H,3-6,9H2,1-2H3. The fourth-order valence-corrected chi connectivity index (χ4v) is 4.34. The van der Waals surface area contributed by atoms with Crippen LogP contribution in [0.15, 0.2) is 17.0 Å². The lowest BCUT2D eigenvalue weighted by Gasteiger charge is -2.41. The third-order valence-corrected chi connectivity index (χ3v) is 6.07. The molecule has 0 spiro atoms. The first kappa shape index (κ1) is 16.7. The second kappa shape index (κ2) is 6.20. The van der Waals surface area contributed by atoms with E-state index in [2.05, 4.69) is 10.0 Å². The van der Waals surface area contributed by atoms with E-state index in [9.17, 15) is 12.8 Å². The lowest BCUT2D eigenvalue weighted by Crippen LogP contribution is -2.52. The van der Waals surface area contributed by atoms with E-state index in [0.29, 0.717) is 12.1 Å². The fraction of sp³-hybridized carbons (Fsp3) is 0.571. The third-order valence-electron chi connectivity index (χ3n) is 4.09. The van der Waals surface area contributed by atoms with Crippen molar-refractivity contribution in [1.82, 2.24) is 10.0 Å². The van der Waals surface area contributed by atoms with E-state index in [4.69, 9.17) is 11.6 Å². The van der Waals surface area contributed by atoms with Crippen molar-refractivity contribution in [3.63, 3.8) is 0 Å². The van der Waals surface area contributed by atoms with Crippen molar-refractivity contribution in [2.24, 2.45) is 0 Å².